The Morgan fingerprint density at radius 2 is 2.00 bits per heavy atom. The van der Waals surface area contributed by atoms with Crippen molar-refractivity contribution in [2.45, 2.75) is 58.0 Å². The van der Waals surface area contributed by atoms with E-state index in [1.54, 1.807) is 0 Å². The van der Waals surface area contributed by atoms with Crippen LogP contribution < -0.4 is 0 Å². The van der Waals surface area contributed by atoms with Gasteiger partial charge < -0.3 is 5.11 Å². The normalized spacial score (nSPS) is 18.2. The van der Waals surface area contributed by atoms with E-state index in [0.717, 1.165) is 19.3 Å². The Bertz CT molecular complexity index is 366. The van der Waals surface area contributed by atoms with E-state index in [1.807, 2.05) is 6.92 Å². The minimum absolute atomic E-state index is 0.540. The fraction of sp³-hybridized carbons (Fsp3) is 0.600. The lowest BCUT2D eigenvalue weighted by Crippen LogP contribution is -2.26. The van der Waals surface area contributed by atoms with E-state index in [2.05, 4.69) is 25.1 Å². The maximum atomic E-state index is 10.2. The number of hydrogen-bond donors (Lipinski definition) is 1. The molecule has 2 rings (SSSR count). The number of fused-ring (bicyclic) bond motifs is 1. The molecule has 0 spiro atoms. The van der Waals surface area contributed by atoms with E-state index in [4.69, 9.17) is 0 Å². The molecule has 1 aromatic carbocycles. The van der Waals surface area contributed by atoms with Crippen molar-refractivity contribution in [3.05, 3.63) is 34.9 Å². The summed E-state index contributed by atoms with van der Waals surface area (Å²) < 4.78 is 0. The molecule has 88 valence electrons. The number of rotatable bonds is 4. The number of aliphatic hydroxyl groups is 1. The summed E-state index contributed by atoms with van der Waals surface area (Å²) in [5.74, 6) is 0. The van der Waals surface area contributed by atoms with Crippen molar-refractivity contribution >= 4 is 0 Å². The van der Waals surface area contributed by atoms with Gasteiger partial charge in [-0.05, 0) is 49.3 Å². The Kier molecular flexibility index (Phi) is 3.34. The summed E-state index contributed by atoms with van der Waals surface area (Å²) in [5.41, 5.74) is 3.77. The molecule has 0 amide bonds. The van der Waals surface area contributed by atoms with Crippen LogP contribution in [0, 0.1) is 0 Å². The lowest BCUT2D eigenvalue weighted by atomic mass is 9.91. The molecule has 0 aliphatic heterocycles. The molecule has 0 bridgehead atoms. The second kappa shape index (κ2) is 4.58. The summed E-state index contributed by atoms with van der Waals surface area (Å²) in [5, 5.41) is 10.2. The van der Waals surface area contributed by atoms with Crippen molar-refractivity contribution in [2.24, 2.45) is 0 Å². The zero-order chi connectivity index (χ0) is 11.6. The Balaban J connectivity index is 2.10. The van der Waals surface area contributed by atoms with Crippen LogP contribution in [0.1, 0.15) is 49.8 Å². The molecule has 0 saturated heterocycles. The first-order valence-corrected chi connectivity index (χ1v) is 6.44. The van der Waals surface area contributed by atoms with E-state index in [-0.39, 0.29) is 0 Å². The van der Waals surface area contributed by atoms with Crippen molar-refractivity contribution in [3.8, 4) is 0 Å². The van der Waals surface area contributed by atoms with Crippen LogP contribution in [-0.2, 0) is 19.3 Å². The molecule has 0 heterocycles. The fourth-order valence-electron chi connectivity index (χ4n) is 2.80. The molecule has 16 heavy (non-hydrogen) atoms. The second-order valence-corrected chi connectivity index (χ2v) is 5.38. The molecule has 1 atom stereocenters. The van der Waals surface area contributed by atoms with E-state index >= 15 is 0 Å². The number of hydrogen-bond acceptors (Lipinski definition) is 1. The van der Waals surface area contributed by atoms with Crippen LogP contribution in [-0.4, -0.2) is 10.7 Å². The molecular formula is C15H22O. The Morgan fingerprint density at radius 3 is 2.75 bits per heavy atom. The molecule has 1 heteroatoms. The Hall–Kier alpha value is -0.820. The predicted octanol–water partition coefficient (Wildman–Crippen LogP) is 3.27. The van der Waals surface area contributed by atoms with Gasteiger partial charge in [-0.1, -0.05) is 31.5 Å². The third kappa shape index (κ3) is 2.65. The van der Waals surface area contributed by atoms with Crippen LogP contribution >= 0.6 is 0 Å². The largest absolute Gasteiger partial charge is 0.390 e. The van der Waals surface area contributed by atoms with Gasteiger partial charge in [0.05, 0.1) is 5.60 Å². The molecule has 0 radical (unpaired) electrons. The van der Waals surface area contributed by atoms with E-state index in [0.29, 0.717) is 0 Å². The van der Waals surface area contributed by atoms with Gasteiger partial charge >= 0.3 is 0 Å². The molecule has 1 aromatic rings. The summed E-state index contributed by atoms with van der Waals surface area (Å²) in [7, 11) is 0. The first kappa shape index (κ1) is 11.7. The summed E-state index contributed by atoms with van der Waals surface area (Å²) in [6.07, 6.45) is 6.46. The van der Waals surface area contributed by atoms with Gasteiger partial charge in [-0.25, -0.2) is 0 Å². The Morgan fingerprint density at radius 1 is 1.25 bits per heavy atom. The second-order valence-electron chi connectivity index (χ2n) is 5.38. The van der Waals surface area contributed by atoms with Gasteiger partial charge in [0.1, 0.15) is 0 Å². The highest BCUT2D eigenvalue weighted by atomic mass is 16.3. The molecule has 1 N–H and O–H groups in total. The minimum atomic E-state index is -0.540. The highest BCUT2D eigenvalue weighted by Gasteiger charge is 2.20. The highest BCUT2D eigenvalue weighted by Crippen LogP contribution is 2.25. The fourth-order valence-corrected chi connectivity index (χ4v) is 2.80. The van der Waals surface area contributed by atoms with Crippen molar-refractivity contribution < 1.29 is 5.11 Å². The van der Waals surface area contributed by atoms with Crippen LogP contribution in [0.2, 0.25) is 0 Å². The molecule has 1 unspecified atom stereocenters. The lowest BCUT2D eigenvalue weighted by Gasteiger charge is -2.23. The first-order valence-electron chi connectivity index (χ1n) is 6.44. The summed E-state index contributed by atoms with van der Waals surface area (Å²) in [6.45, 7) is 4.07. The lowest BCUT2D eigenvalue weighted by molar-refractivity contribution is 0.0505. The van der Waals surface area contributed by atoms with Crippen LogP contribution in [0.25, 0.3) is 0 Å². The summed E-state index contributed by atoms with van der Waals surface area (Å²) in [6, 6.07) is 6.74. The van der Waals surface area contributed by atoms with Crippen molar-refractivity contribution in [1.29, 1.82) is 0 Å². The summed E-state index contributed by atoms with van der Waals surface area (Å²) >= 11 is 0. The van der Waals surface area contributed by atoms with Crippen LogP contribution in [0.4, 0.5) is 0 Å². The van der Waals surface area contributed by atoms with Gasteiger partial charge in [-0.3, -0.25) is 0 Å². The third-order valence-electron chi connectivity index (χ3n) is 3.54. The van der Waals surface area contributed by atoms with Crippen molar-refractivity contribution in [2.75, 3.05) is 0 Å². The first-order chi connectivity index (χ1) is 7.61. The van der Waals surface area contributed by atoms with Gasteiger partial charge in [-0.2, -0.15) is 0 Å². The average molecular weight is 218 g/mol. The van der Waals surface area contributed by atoms with Crippen LogP contribution in [0.15, 0.2) is 18.2 Å². The van der Waals surface area contributed by atoms with Crippen LogP contribution in [0.3, 0.4) is 0 Å². The molecule has 0 aromatic heterocycles. The van der Waals surface area contributed by atoms with E-state index in [1.165, 1.54) is 36.0 Å². The third-order valence-corrected chi connectivity index (χ3v) is 3.54. The average Bonchev–Trinajstić information content (AvgIpc) is 2.63. The Labute approximate surface area is 98.5 Å². The smallest absolute Gasteiger partial charge is 0.0659 e. The number of benzene rings is 1. The quantitative estimate of drug-likeness (QED) is 0.822. The topological polar surface area (TPSA) is 20.2 Å². The molecular weight excluding hydrogens is 196 g/mol. The molecule has 1 nitrogen and oxygen atoms in total. The van der Waals surface area contributed by atoms with Gasteiger partial charge in [0.2, 0.25) is 0 Å². The maximum absolute atomic E-state index is 10.2. The molecule has 1 aliphatic rings. The van der Waals surface area contributed by atoms with Gasteiger partial charge in [0.15, 0.2) is 0 Å². The molecule has 0 fully saturated rings. The van der Waals surface area contributed by atoms with E-state index in [9.17, 15) is 5.11 Å². The standard InChI is InChI=1S/C15H22O/c1-3-9-15(2,16)11-12-7-8-13-5-4-6-14(13)10-12/h7-8,10,16H,3-6,9,11H2,1-2H3. The van der Waals surface area contributed by atoms with Crippen molar-refractivity contribution in [3.63, 3.8) is 0 Å². The van der Waals surface area contributed by atoms with Gasteiger partial charge in [0, 0.05) is 6.42 Å². The highest BCUT2D eigenvalue weighted by molar-refractivity contribution is 5.35. The zero-order valence-electron chi connectivity index (χ0n) is 10.4. The van der Waals surface area contributed by atoms with Crippen molar-refractivity contribution in [1.82, 2.24) is 0 Å². The van der Waals surface area contributed by atoms with Crippen LogP contribution in [0.5, 0.6) is 0 Å². The predicted molar refractivity (Wildman–Crippen MR) is 67.7 cm³/mol. The summed E-state index contributed by atoms with van der Waals surface area (Å²) in [4.78, 5) is 0. The maximum Gasteiger partial charge on any atom is 0.0659 e. The molecule has 1 aliphatic carbocycles. The zero-order valence-corrected chi connectivity index (χ0v) is 10.4. The monoisotopic (exact) mass is 218 g/mol. The van der Waals surface area contributed by atoms with Gasteiger partial charge in [0.25, 0.3) is 0 Å². The van der Waals surface area contributed by atoms with E-state index < -0.39 is 5.60 Å². The minimum Gasteiger partial charge on any atom is -0.390 e. The number of aryl methyl sites for hydroxylation is 2. The van der Waals surface area contributed by atoms with Gasteiger partial charge in [-0.15, -0.1) is 0 Å². The molecule has 0 saturated carbocycles. The SMILES string of the molecule is CCCC(C)(O)Cc1ccc2c(c1)CCC2.